The number of hydrogen-bond acceptors (Lipinski definition) is 4. The maximum absolute atomic E-state index is 8.77. The van der Waals surface area contributed by atoms with Crippen LogP contribution in [0.4, 0.5) is 0 Å². The van der Waals surface area contributed by atoms with Gasteiger partial charge in [0.25, 0.3) is 0 Å². The zero-order valence-corrected chi connectivity index (χ0v) is 8.79. The van der Waals surface area contributed by atoms with Crippen LogP contribution in [-0.2, 0) is 0 Å². The second kappa shape index (κ2) is 4.47. The molecule has 0 bridgehead atoms. The van der Waals surface area contributed by atoms with Gasteiger partial charge in [0.15, 0.2) is 0 Å². The number of nitriles is 1. The predicted molar refractivity (Wildman–Crippen MR) is 55.9 cm³/mol. The van der Waals surface area contributed by atoms with Crippen molar-refractivity contribution in [1.29, 1.82) is 5.26 Å². The summed E-state index contributed by atoms with van der Waals surface area (Å²) in [6, 6.07) is 3.56. The molecule has 1 aromatic heterocycles. The van der Waals surface area contributed by atoms with Crippen LogP contribution in [0.1, 0.15) is 12.0 Å². The number of rotatable bonds is 2. The lowest BCUT2D eigenvalue weighted by molar-refractivity contribution is 0.214. The summed E-state index contributed by atoms with van der Waals surface area (Å²) in [6.07, 6.45) is 2.57. The number of pyridine rings is 1. The molecule has 0 radical (unpaired) electrons. The van der Waals surface area contributed by atoms with Crippen molar-refractivity contribution in [3.05, 3.63) is 22.8 Å². The molecule has 15 heavy (non-hydrogen) atoms. The second-order valence-electron chi connectivity index (χ2n) is 3.32. The number of nitrogens with zero attached hydrogens (tertiary/aromatic N) is 2. The monoisotopic (exact) mass is 223 g/mol. The number of nitrogens with one attached hydrogen (secondary N) is 1. The molecule has 0 spiro atoms. The molecule has 78 valence electrons. The van der Waals surface area contributed by atoms with Crippen molar-refractivity contribution in [3.63, 3.8) is 0 Å². The lowest BCUT2D eigenvalue weighted by atomic mass is 10.3. The quantitative estimate of drug-likeness (QED) is 0.822. The summed E-state index contributed by atoms with van der Waals surface area (Å²) in [6.45, 7) is 1.75. The van der Waals surface area contributed by atoms with Crippen LogP contribution in [0.3, 0.4) is 0 Å². The van der Waals surface area contributed by atoms with Crippen molar-refractivity contribution in [1.82, 2.24) is 10.3 Å². The summed E-state index contributed by atoms with van der Waals surface area (Å²) in [4.78, 5) is 4.02. The van der Waals surface area contributed by atoms with Gasteiger partial charge in [-0.25, -0.2) is 4.98 Å². The molecule has 0 aromatic carbocycles. The van der Waals surface area contributed by atoms with Gasteiger partial charge in [-0.05, 0) is 19.0 Å². The minimum absolute atomic E-state index is 0.101. The average Bonchev–Trinajstić information content (AvgIpc) is 2.74. The molecule has 4 nitrogen and oxygen atoms in total. The Hall–Kier alpha value is -1.31. The minimum Gasteiger partial charge on any atom is -0.472 e. The van der Waals surface area contributed by atoms with Crippen molar-refractivity contribution < 1.29 is 4.74 Å². The molecule has 1 aromatic rings. The SMILES string of the molecule is N#Cc1ccnc(OC2CCNC2)c1Cl. The summed E-state index contributed by atoms with van der Waals surface area (Å²) in [5.74, 6) is 0.351. The number of aromatic nitrogens is 1. The van der Waals surface area contributed by atoms with Crippen LogP contribution in [0.2, 0.25) is 5.02 Å². The fourth-order valence-corrected chi connectivity index (χ4v) is 1.68. The predicted octanol–water partition coefficient (Wildman–Crippen LogP) is 1.35. The molecule has 1 aliphatic rings. The molecule has 5 heteroatoms. The molecule has 1 atom stereocenters. The molecule has 0 amide bonds. The van der Waals surface area contributed by atoms with E-state index >= 15 is 0 Å². The van der Waals surface area contributed by atoms with Gasteiger partial charge in [0.05, 0.1) is 5.56 Å². The van der Waals surface area contributed by atoms with E-state index in [2.05, 4.69) is 10.3 Å². The van der Waals surface area contributed by atoms with Crippen molar-refractivity contribution >= 4 is 11.6 Å². The highest BCUT2D eigenvalue weighted by molar-refractivity contribution is 6.32. The van der Waals surface area contributed by atoms with Crippen LogP contribution in [-0.4, -0.2) is 24.2 Å². The molecule has 1 saturated heterocycles. The Morgan fingerprint density at radius 3 is 3.20 bits per heavy atom. The minimum atomic E-state index is 0.101. The van der Waals surface area contributed by atoms with Crippen LogP contribution in [0.5, 0.6) is 5.88 Å². The van der Waals surface area contributed by atoms with E-state index in [-0.39, 0.29) is 6.10 Å². The first-order valence-electron chi connectivity index (χ1n) is 4.73. The van der Waals surface area contributed by atoms with Gasteiger partial charge in [0.2, 0.25) is 5.88 Å². The Kier molecular flexibility index (Phi) is 3.05. The molecule has 1 N–H and O–H groups in total. The maximum Gasteiger partial charge on any atom is 0.234 e. The summed E-state index contributed by atoms with van der Waals surface area (Å²) in [5.41, 5.74) is 0.396. The van der Waals surface area contributed by atoms with Crippen LogP contribution in [0, 0.1) is 11.3 Å². The summed E-state index contributed by atoms with van der Waals surface area (Å²) in [7, 11) is 0. The first kappa shape index (κ1) is 10.2. The van der Waals surface area contributed by atoms with Crippen LogP contribution in [0.15, 0.2) is 12.3 Å². The first-order valence-corrected chi connectivity index (χ1v) is 5.11. The van der Waals surface area contributed by atoms with E-state index in [9.17, 15) is 0 Å². The molecule has 1 unspecified atom stereocenters. The Labute approximate surface area is 92.8 Å². The normalized spacial score (nSPS) is 19.9. The molecule has 0 aliphatic carbocycles. The average molecular weight is 224 g/mol. The van der Waals surface area contributed by atoms with E-state index in [0.717, 1.165) is 19.5 Å². The van der Waals surface area contributed by atoms with Crippen LogP contribution < -0.4 is 10.1 Å². The Morgan fingerprint density at radius 1 is 1.67 bits per heavy atom. The van der Waals surface area contributed by atoms with Crippen molar-refractivity contribution in [2.75, 3.05) is 13.1 Å². The number of ether oxygens (including phenoxy) is 1. The van der Waals surface area contributed by atoms with Gasteiger partial charge in [0, 0.05) is 12.7 Å². The highest BCUT2D eigenvalue weighted by atomic mass is 35.5. The highest BCUT2D eigenvalue weighted by Gasteiger charge is 2.18. The van der Waals surface area contributed by atoms with Gasteiger partial charge in [-0.1, -0.05) is 11.6 Å². The van der Waals surface area contributed by atoms with Crippen molar-refractivity contribution in [2.45, 2.75) is 12.5 Å². The van der Waals surface area contributed by atoms with E-state index < -0.39 is 0 Å². The largest absolute Gasteiger partial charge is 0.472 e. The van der Waals surface area contributed by atoms with Crippen LogP contribution in [0.25, 0.3) is 0 Å². The van der Waals surface area contributed by atoms with Gasteiger partial charge >= 0.3 is 0 Å². The van der Waals surface area contributed by atoms with E-state index in [1.165, 1.54) is 6.20 Å². The highest BCUT2D eigenvalue weighted by Crippen LogP contribution is 2.26. The Bertz CT molecular complexity index is 396. The third-order valence-electron chi connectivity index (χ3n) is 2.27. The van der Waals surface area contributed by atoms with Crippen LogP contribution >= 0.6 is 11.6 Å². The van der Waals surface area contributed by atoms with E-state index in [0.29, 0.717) is 16.5 Å². The maximum atomic E-state index is 8.77. The molecule has 1 aliphatic heterocycles. The number of hydrogen-bond donors (Lipinski definition) is 1. The van der Waals surface area contributed by atoms with E-state index in [1.54, 1.807) is 6.07 Å². The van der Waals surface area contributed by atoms with Gasteiger partial charge in [-0.3, -0.25) is 0 Å². The van der Waals surface area contributed by atoms with Gasteiger partial charge in [-0.15, -0.1) is 0 Å². The molecule has 1 fully saturated rings. The first-order chi connectivity index (χ1) is 7.31. The lowest BCUT2D eigenvalue weighted by Gasteiger charge is -2.12. The summed E-state index contributed by atoms with van der Waals surface area (Å²) in [5, 5.41) is 12.3. The molecule has 2 rings (SSSR count). The summed E-state index contributed by atoms with van der Waals surface area (Å²) >= 11 is 5.96. The van der Waals surface area contributed by atoms with Gasteiger partial charge < -0.3 is 10.1 Å². The Balaban J connectivity index is 2.17. The molecular weight excluding hydrogens is 214 g/mol. The van der Waals surface area contributed by atoms with Crippen molar-refractivity contribution in [2.24, 2.45) is 0 Å². The van der Waals surface area contributed by atoms with Gasteiger partial charge in [-0.2, -0.15) is 5.26 Å². The Morgan fingerprint density at radius 2 is 2.53 bits per heavy atom. The zero-order valence-electron chi connectivity index (χ0n) is 8.03. The second-order valence-corrected chi connectivity index (χ2v) is 3.70. The third-order valence-corrected chi connectivity index (χ3v) is 2.64. The fraction of sp³-hybridized carbons (Fsp3) is 0.400. The molecule has 0 saturated carbocycles. The standard InChI is InChI=1S/C10H10ClN3O/c11-9-7(5-12)1-4-14-10(9)15-8-2-3-13-6-8/h1,4,8,13H,2-3,6H2. The fourth-order valence-electron chi connectivity index (χ4n) is 1.48. The van der Waals surface area contributed by atoms with E-state index in [4.69, 9.17) is 21.6 Å². The zero-order chi connectivity index (χ0) is 10.7. The smallest absolute Gasteiger partial charge is 0.234 e. The molecule has 2 heterocycles. The van der Waals surface area contributed by atoms with E-state index in [1.807, 2.05) is 6.07 Å². The lowest BCUT2D eigenvalue weighted by Crippen LogP contribution is -2.20. The third kappa shape index (κ3) is 2.20. The van der Waals surface area contributed by atoms with Crippen molar-refractivity contribution in [3.8, 4) is 11.9 Å². The van der Waals surface area contributed by atoms with Gasteiger partial charge in [0.1, 0.15) is 17.2 Å². The number of halogens is 1. The topological polar surface area (TPSA) is 57.9 Å². The summed E-state index contributed by atoms with van der Waals surface area (Å²) < 4.78 is 5.59. The molecular formula is C10H10ClN3O.